The summed E-state index contributed by atoms with van der Waals surface area (Å²) in [5, 5.41) is 12.8. The monoisotopic (exact) mass is 393 g/mol. The van der Waals surface area contributed by atoms with Crippen molar-refractivity contribution in [1.82, 2.24) is 20.7 Å². The molecule has 0 saturated carbocycles. The number of anilines is 1. The van der Waals surface area contributed by atoms with Crippen molar-refractivity contribution in [2.45, 2.75) is 18.9 Å². The van der Waals surface area contributed by atoms with Crippen molar-refractivity contribution >= 4 is 17.5 Å². The van der Waals surface area contributed by atoms with Gasteiger partial charge in [-0.1, -0.05) is 35.5 Å². The molecule has 8 nitrogen and oxygen atoms in total. The zero-order valence-electron chi connectivity index (χ0n) is 16.3. The van der Waals surface area contributed by atoms with Crippen LogP contribution >= 0.6 is 0 Å². The summed E-state index contributed by atoms with van der Waals surface area (Å²) in [6.45, 7) is 0. The second kappa shape index (κ2) is 9.50. The van der Waals surface area contributed by atoms with Crippen LogP contribution in [0.5, 0.6) is 5.75 Å². The molecular formula is C21H23N5O3. The van der Waals surface area contributed by atoms with E-state index in [-0.39, 0.29) is 18.2 Å². The van der Waals surface area contributed by atoms with Crippen molar-refractivity contribution in [2.24, 2.45) is 0 Å². The fourth-order valence-corrected chi connectivity index (χ4v) is 2.94. The van der Waals surface area contributed by atoms with Gasteiger partial charge in [0.05, 0.1) is 19.2 Å². The summed E-state index contributed by atoms with van der Waals surface area (Å²) in [5.74, 6) is 0.195. The van der Waals surface area contributed by atoms with Gasteiger partial charge in [0.15, 0.2) is 0 Å². The van der Waals surface area contributed by atoms with Gasteiger partial charge in [0, 0.05) is 25.4 Å². The molecular weight excluding hydrogens is 370 g/mol. The molecule has 0 fully saturated rings. The number of nitrogens with one attached hydrogen (secondary N) is 2. The number of hydrogen-bond acceptors (Lipinski definition) is 5. The number of hydrogen-bond donors (Lipinski definition) is 2. The minimum atomic E-state index is -0.719. The SMILES string of the molecule is COc1ccc(N(C)C(=O)C(Cc2ccccc2)NC(=O)Cc2c[nH]nn2)cc1. The normalized spacial score (nSPS) is 11.5. The lowest BCUT2D eigenvalue weighted by molar-refractivity contribution is -0.127. The summed E-state index contributed by atoms with van der Waals surface area (Å²) in [6.07, 6.45) is 1.98. The number of nitrogens with zero attached hydrogens (tertiary/aromatic N) is 3. The number of aromatic amines is 1. The fourth-order valence-electron chi connectivity index (χ4n) is 2.94. The Kier molecular flexibility index (Phi) is 6.57. The van der Waals surface area contributed by atoms with Gasteiger partial charge < -0.3 is 15.0 Å². The van der Waals surface area contributed by atoms with E-state index in [2.05, 4.69) is 20.7 Å². The fraction of sp³-hybridized carbons (Fsp3) is 0.238. The van der Waals surface area contributed by atoms with E-state index in [1.807, 2.05) is 30.3 Å². The van der Waals surface area contributed by atoms with Crippen LogP contribution in [0, 0.1) is 0 Å². The number of aromatic nitrogens is 3. The summed E-state index contributed by atoms with van der Waals surface area (Å²) < 4.78 is 5.16. The highest BCUT2D eigenvalue weighted by molar-refractivity contribution is 5.99. The van der Waals surface area contributed by atoms with Crippen molar-refractivity contribution in [3.63, 3.8) is 0 Å². The number of ether oxygens (including phenoxy) is 1. The summed E-state index contributed by atoms with van der Waals surface area (Å²) in [4.78, 5) is 27.2. The van der Waals surface area contributed by atoms with Gasteiger partial charge in [-0.15, -0.1) is 5.10 Å². The molecule has 0 aliphatic heterocycles. The zero-order valence-corrected chi connectivity index (χ0v) is 16.3. The van der Waals surface area contributed by atoms with Gasteiger partial charge in [-0.25, -0.2) is 0 Å². The topological polar surface area (TPSA) is 100 Å². The van der Waals surface area contributed by atoms with E-state index in [9.17, 15) is 9.59 Å². The van der Waals surface area contributed by atoms with E-state index in [4.69, 9.17) is 4.74 Å². The molecule has 0 radical (unpaired) electrons. The van der Waals surface area contributed by atoms with Crippen molar-refractivity contribution in [3.05, 3.63) is 72.1 Å². The lowest BCUT2D eigenvalue weighted by atomic mass is 10.0. The molecule has 0 saturated heterocycles. The molecule has 150 valence electrons. The van der Waals surface area contributed by atoms with Gasteiger partial charge in [-0.3, -0.25) is 14.7 Å². The van der Waals surface area contributed by atoms with E-state index in [0.29, 0.717) is 23.6 Å². The van der Waals surface area contributed by atoms with Crippen LogP contribution in [0.2, 0.25) is 0 Å². The van der Waals surface area contributed by atoms with Crippen LogP contribution in [0.3, 0.4) is 0 Å². The number of rotatable bonds is 8. The first-order chi connectivity index (χ1) is 14.1. The lowest BCUT2D eigenvalue weighted by Gasteiger charge is -2.25. The first kappa shape index (κ1) is 20.1. The summed E-state index contributed by atoms with van der Waals surface area (Å²) >= 11 is 0. The molecule has 2 aromatic carbocycles. The van der Waals surface area contributed by atoms with E-state index in [1.165, 1.54) is 4.90 Å². The Morgan fingerprint density at radius 3 is 2.48 bits per heavy atom. The molecule has 3 aromatic rings. The Balaban J connectivity index is 1.76. The molecule has 2 amide bonds. The van der Waals surface area contributed by atoms with Gasteiger partial charge in [-0.2, -0.15) is 0 Å². The highest BCUT2D eigenvalue weighted by atomic mass is 16.5. The van der Waals surface area contributed by atoms with Gasteiger partial charge >= 0.3 is 0 Å². The van der Waals surface area contributed by atoms with Crippen LogP contribution < -0.4 is 15.0 Å². The molecule has 0 aliphatic rings. The predicted molar refractivity (Wildman–Crippen MR) is 109 cm³/mol. The summed E-state index contributed by atoms with van der Waals surface area (Å²) in [6, 6.07) is 16.0. The average Bonchev–Trinajstić information content (AvgIpc) is 3.26. The molecule has 1 heterocycles. The Morgan fingerprint density at radius 2 is 1.86 bits per heavy atom. The van der Waals surface area contributed by atoms with Gasteiger partial charge in [0.1, 0.15) is 11.8 Å². The van der Waals surface area contributed by atoms with E-state index in [0.717, 1.165) is 5.56 Å². The molecule has 0 aliphatic carbocycles. The third-order valence-corrected chi connectivity index (χ3v) is 4.52. The highest BCUT2D eigenvalue weighted by Crippen LogP contribution is 2.19. The highest BCUT2D eigenvalue weighted by Gasteiger charge is 2.25. The number of methoxy groups -OCH3 is 1. The summed E-state index contributed by atoms with van der Waals surface area (Å²) in [5.41, 5.74) is 2.17. The third-order valence-electron chi connectivity index (χ3n) is 4.52. The number of amides is 2. The Labute approximate surface area is 168 Å². The van der Waals surface area contributed by atoms with E-state index < -0.39 is 6.04 Å². The first-order valence-corrected chi connectivity index (χ1v) is 9.17. The second-order valence-electron chi connectivity index (χ2n) is 6.55. The van der Waals surface area contributed by atoms with Crippen molar-refractivity contribution < 1.29 is 14.3 Å². The minimum Gasteiger partial charge on any atom is -0.497 e. The average molecular weight is 393 g/mol. The number of likely N-dealkylation sites (N-methyl/N-ethyl adjacent to an activating group) is 1. The Hall–Kier alpha value is -3.68. The van der Waals surface area contributed by atoms with Gasteiger partial charge in [0.2, 0.25) is 11.8 Å². The van der Waals surface area contributed by atoms with Crippen LogP contribution in [-0.2, 0) is 22.4 Å². The van der Waals surface area contributed by atoms with Crippen molar-refractivity contribution in [3.8, 4) is 5.75 Å². The van der Waals surface area contributed by atoms with Crippen LogP contribution in [0.15, 0.2) is 60.8 Å². The molecule has 3 rings (SSSR count). The lowest BCUT2D eigenvalue weighted by Crippen LogP contribution is -2.49. The maximum Gasteiger partial charge on any atom is 0.249 e. The first-order valence-electron chi connectivity index (χ1n) is 9.17. The van der Waals surface area contributed by atoms with Crippen LogP contribution in [0.1, 0.15) is 11.3 Å². The molecule has 1 atom stereocenters. The van der Waals surface area contributed by atoms with Gasteiger partial charge in [0.25, 0.3) is 0 Å². The van der Waals surface area contributed by atoms with Crippen molar-refractivity contribution in [2.75, 3.05) is 19.1 Å². The summed E-state index contributed by atoms with van der Waals surface area (Å²) in [7, 11) is 3.27. The number of carbonyl (C=O) groups is 2. The molecule has 1 aromatic heterocycles. The predicted octanol–water partition coefficient (Wildman–Crippen LogP) is 1.75. The molecule has 0 bridgehead atoms. The number of carbonyl (C=O) groups excluding carboxylic acids is 2. The van der Waals surface area contributed by atoms with Gasteiger partial charge in [-0.05, 0) is 29.8 Å². The smallest absolute Gasteiger partial charge is 0.249 e. The standard InChI is InChI=1S/C21H23N5O3/c1-26(17-8-10-18(29-2)11-9-17)21(28)19(12-15-6-4-3-5-7-15)23-20(27)13-16-14-22-25-24-16/h3-11,14,19H,12-13H2,1-2H3,(H,23,27)(H,22,24,25). The Bertz CT molecular complexity index is 927. The Morgan fingerprint density at radius 1 is 1.14 bits per heavy atom. The second-order valence-corrected chi connectivity index (χ2v) is 6.55. The van der Waals surface area contributed by atoms with Crippen LogP contribution in [-0.4, -0.2) is 47.4 Å². The van der Waals surface area contributed by atoms with Crippen molar-refractivity contribution in [1.29, 1.82) is 0 Å². The van der Waals surface area contributed by atoms with E-state index >= 15 is 0 Å². The molecule has 0 spiro atoms. The minimum absolute atomic E-state index is 0.0430. The maximum atomic E-state index is 13.2. The number of H-pyrrole nitrogens is 1. The number of benzene rings is 2. The third kappa shape index (κ3) is 5.41. The molecule has 1 unspecified atom stereocenters. The zero-order chi connectivity index (χ0) is 20.6. The largest absolute Gasteiger partial charge is 0.497 e. The maximum absolute atomic E-state index is 13.2. The molecule has 8 heteroatoms. The molecule has 2 N–H and O–H groups in total. The van der Waals surface area contributed by atoms with Crippen LogP contribution in [0.25, 0.3) is 0 Å². The van der Waals surface area contributed by atoms with Crippen LogP contribution in [0.4, 0.5) is 5.69 Å². The quantitative estimate of drug-likeness (QED) is 0.607. The molecule has 29 heavy (non-hydrogen) atoms. The van der Waals surface area contributed by atoms with E-state index in [1.54, 1.807) is 44.6 Å².